The smallest absolute Gasteiger partial charge is 0.240 e. The highest BCUT2D eigenvalue weighted by atomic mass is 16.1. The molecule has 1 aliphatic heterocycles. The molecule has 0 bridgehead atoms. The van der Waals surface area contributed by atoms with Crippen LogP contribution in [0.4, 0.5) is 5.82 Å². The molecular weight excluding hydrogens is 252 g/mol. The molecule has 1 saturated heterocycles. The molecular formula is C15H24N4O. The van der Waals surface area contributed by atoms with Gasteiger partial charge in [-0.3, -0.25) is 4.79 Å². The minimum absolute atomic E-state index is 0.212. The molecule has 0 spiro atoms. The van der Waals surface area contributed by atoms with E-state index in [0.717, 1.165) is 43.7 Å². The van der Waals surface area contributed by atoms with Crippen molar-refractivity contribution in [3.8, 4) is 0 Å². The van der Waals surface area contributed by atoms with Gasteiger partial charge in [-0.05, 0) is 30.9 Å². The number of hydrogen-bond donors (Lipinski definition) is 2. The minimum Gasteiger partial charge on any atom is -0.368 e. The molecule has 0 saturated carbocycles. The zero-order valence-corrected chi connectivity index (χ0v) is 12.3. The van der Waals surface area contributed by atoms with Gasteiger partial charge in [0.05, 0.1) is 0 Å². The maximum atomic E-state index is 11.5. The quantitative estimate of drug-likeness (QED) is 0.853. The third-order valence-corrected chi connectivity index (χ3v) is 3.65. The van der Waals surface area contributed by atoms with Crippen molar-refractivity contribution in [2.24, 2.45) is 5.73 Å². The second kappa shape index (κ2) is 6.70. The van der Waals surface area contributed by atoms with Gasteiger partial charge in [-0.25, -0.2) is 4.98 Å². The van der Waals surface area contributed by atoms with E-state index in [1.807, 2.05) is 17.2 Å². The van der Waals surface area contributed by atoms with E-state index in [0.29, 0.717) is 6.04 Å². The monoisotopic (exact) mass is 276 g/mol. The van der Waals surface area contributed by atoms with E-state index in [4.69, 9.17) is 5.73 Å². The highest BCUT2D eigenvalue weighted by Gasteiger charge is 2.27. The third-order valence-electron chi connectivity index (χ3n) is 3.65. The molecule has 1 unspecified atom stereocenters. The van der Waals surface area contributed by atoms with Crippen LogP contribution in [0.1, 0.15) is 38.7 Å². The summed E-state index contributed by atoms with van der Waals surface area (Å²) in [5.74, 6) is 0.596. The molecule has 1 aromatic heterocycles. The summed E-state index contributed by atoms with van der Waals surface area (Å²) in [4.78, 5) is 18.0. The van der Waals surface area contributed by atoms with Crippen LogP contribution in [0.5, 0.6) is 0 Å². The normalized spacial score (nSPS) is 19.4. The molecule has 5 nitrogen and oxygen atoms in total. The van der Waals surface area contributed by atoms with Crippen molar-refractivity contribution >= 4 is 11.7 Å². The van der Waals surface area contributed by atoms with Crippen LogP contribution in [0.3, 0.4) is 0 Å². The number of amides is 1. The molecule has 1 fully saturated rings. The van der Waals surface area contributed by atoms with Crippen LogP contribution < -0.4 is 16.0 Å². The summed E-state index contributed by atoms with van der Waals surface area (Å²) in [5, 5.41) is 3.36. The van der Waals surface area contributed by atoms with E-state index in [2.05, 4.69) is 30.2 Å². The molecule has 2 heterocycles. The lowest BCUT2D eigenvalue weighted by Gasteiger charge is -2.34. The summed E-state index contributed by atoms with van der Waals surface area (Å²) in [6.45, 7) is 5.90. The lowest BCUT2D eigenvalue weighted by Crippen LogP contribution is -2.48. The second-order valence-corrected chi connectivity index (χ2v) is 5.67. The molecule has 0 aliphatic carbocycles. The molecule has 0 aromatic carbocycles. The summed E-state index contributed by atoms with van der Waals surface area (Å²) in [7, 11) is 0. The van der Waals surface area contributed by atoms with Crippen LogP contribution in [0.15, 0.2) is 18.3 Å². The molecule has 1 atom stereocenters. The summed E-state index contributed by atoms with van der Waals surface area (Å²) in [6.07, 6.45) is 4.84. The number of nitrogens with two attached hydrogens (primary N) is 1. The van der Waals surface area contributed by atoms with Crippen LogP contribution >= 0.6 is 0 Å². The number of nitrogens with one attached hydrogen (secondary N) is 1. The van der Waals surface area contributed by atoms with Crippen LogP contribution in [0.25, 0.3) is 0 Å². The summed E-state index contributed by atoms with van der Waals surface area (Å²) < 4.78 is 0. The minimum atomic E-state index is -0.253. The van der Waals surface area contributed by atoms with E-state index in [1.165, 1.54) is 0 Å². The average molecular weight is 276 g/mol. The Balaban J connectivity index is 2.06. The molecule has 3 N–H and O–H groups in total. The molecule has 1 aliphatic rings. The summed E-state index contributed by atoms with van der Waals surface area (Å²) in [6, 6.07) is 4.29. The number of hydrogen-bond acceptors (Lipinski definition) is 4. The van der Waals surface area contributed by atoms with E-state index in [-0.39, 0.29) is 11.9 Å². The Morgan fingerprint density at radius 1 is 1.50 bits per heavy atom. The van der Waals surface area contributed by atoms with E-state index < -0.39 is 0 Å². The Labute approximate surface area is 120 Å². The molecule has 1 aromatic rings. The Hall–Kier alpha value is -1.62. The highest BCUT2D eigenvalue weighted by Crippen LogP contribution is 2.23. The molecule has 110 valence electrons. The number of pyridine rings is 1. The molecule has 20 heavy (non-hydrogen) atoms. The standard InChI is InChI=1S/C15H24N4O/c1-11(2)17-9-12-6-7-14(18-10-12)19-8-4-3-5-13(19)15(16)20/h6-7,10-11,13,17H,3-5,8-9H2,1-2H3,(H2,16,20). The Bertz CT molecular complexity index is 444. The van der Waals surface area contributed by atoms with Crippen LogP contribution in [0, 0.1) is 0 Å². The van der Waals surface area contributed by atoms with Gasteiger partial charge in [-0.2, -0.15) is 0 Å². The second-order valence-electron chi connectivity index (χ2n) is 5.67. The van der Waals surface area contributed by atoms with Gasteiger partial charge < -0.3 is 16.0 Å². The molecule has 5 heteroatoms. The van der Waals surface area contributed by atoms with Crippen molar-refractivity contribution in [1.29, 1.82) is 0 Å². The van der Waals surface area contributed by atoms with Crippen molar-refractivity contribution in [1.82, 2.24) is 10.3 Å². The Morgan fingerprint density at radius 3 is 2.90 bits per heavy atom. The maximum Gasteiger partial charge on any atom is 0.240 e. The number of rotatable bonds is 5. The average Bonchev–Trinajstić information content (AvgIpc) is 2.45. The van der Waals surface area contributed by atoms with Crippen LogP contribution in [-0.2, 0) is 11.3 Å². The first-order valence-corrected chi connectivity index (χ1v) is 7.32. The fraction of sp³-hybridized carbons (Fsp3) is 0.600. The number of aromatic nitrogens is 1. The Morgan fingerprint density at radius 2 is 2.30 bits per heavy atom. The molecule has 1 amide bonds. The van der Waals surface area contributed by atoms with Crippen LogP contribution in [-0.4, -0.2) is 29.5 Å². The van der Waals surface area contributed by atoms with Crippen molar-refractivity contribution in [3.63, 3.8) is 0 Å². The van der Waals surface area contributed by atoms with Crippen LogP contribution in [0.2, 0.25) is 0 Å². The van der Waals surface area contributed by atoms with E-state index in [1.54, 1.807) is 0 Å². The van der Waals surface area contributed by atoms with Gasteiger partial charge in [0.15, 0.2) is 0 Å². The predicted octanol–water partition coefficient (Wildman–Crippen LogP) is 1.42. The predicted molar refractivity (Wildman–Crippen MR) is 80.4 cm³/mol. The number of nitrogens with zero attached hydrogens (tertiary/aromatic N) is 2. The maximum absolute atomic E-state index is 11.5. The fourth-order valence-electron chi connectivity index (χ4n) is 2.51. The lowest BCUT2D eigenvalue weighted by molar-refractivity contribution is -0.119. The lowest BCUT2D eigenvalue weighted by atomic mass is 10.0. The first-order chi connectivity index (χ1) is 9.58. The van der Waals surface area contributed by atoms with Gasteiger partial charge in [0, 0.05) is 25.3 Å². The summed E-state index contributed by atoms with van der Waals surface area (Å²) in [5.41, 5.74) is 6.64. The van der Waals surface area contributed by atoms with Crippen molar-refractivity contribution in [2.75, 3.05) is 11.4 Å². The number of primary amides is 1. The van der Waals surface area contributed by atoms with E-state index >= 15 is 0 Å². The number of piperidine rings is 1. The van der Waals surface area contributed by atoms with Gasteiger partial charge in [0.1, 0.15) is 11.9 Å². The molecule has 2 rings (SSSR count). The van der Waals surface area contributed by atoms with Crippen molar-refractivity contribution < 1.29 is 4.79 Å². The van der Waals surface area contributed by atoms with Gasteiger partial charge in [0.25, 0.3) is 0 Å². The van der Waals surface area contributed by atoms with Gasteiger partial charge in [-0.15, -0.1) is 0 Å². The largest absolute Gasteiger partial charge is 0.368 e. The first kappa shape index (κ1) is 14.8. The van der Waals surface area contributed by atoms with Gasteiger partial charge in [0.2, 0.25) is 5.91 Å². The highest BCUT2D eigenvalue weighted by molar-refractivity contribution is 5.83. The SMILES string of the molecule is CC(C)NCc1ccc(N2CCCCC2C(N)=O)nc1. The topological polar surface area (TPSA) is 71.2 Å². The molecule has 0 radical (unpaired) electrons. The number of anilines is 1. The van der Waals surface area contributed by atoms with Gasteiger partial charge >= 0.3 is 0 Å². The Kier molecular flexibility index (Phi) is 4.95. The van der Waals surface area contributed by atoms with Crippen molar-refractivity contribution in [2.45, 2.75) is 51.7 Å². The van der Waals surface area contributed by atoms with E-state index in [9.17, 15) is 4.79 Å². The fourth-order valence-corrected chi connectivity index (χ4v) is 2.51. The third kappa shape index (κ3) is 3.70. The number of carbonyl (C=O) groups excluding carboxylic acids is 1. The number of carbonyl (C=O) groups is 1. The summed E-state index contributed by atoms with van der Waals surface area (Å²) >= 11 is 0. The zero-order valence-electron chi connectivity index (χ0n) is 12.3. The van der Waals surface area contributed by atoms with Crippen molar-refractivity contribution in [3.05, 3.63) is 23.9 Å². The first-order valence-electron chi connectivity index (χ1n) is 7.32. The zero-order chi connectivity index (χ0) is 14.5. The van der Waals surface area contributed by atoms with Gasteiger partial charge in [-0.1, -0.05) is 19.9 Å².